The van der Waals surface area contributed by atoms with Crippen LogP contribution in [0.4, 0.5) is 4.39 Å². The van der Waals surface area contributed by atoms with Gasteiger partial charge in [-0.1, -0.05) is 19.8 Å². The quantitative estimate of drug-likeness (QED) is 0.633. The normalized spacial score (nSPS) is 18.0. The second-order valence-electron chi connectivity index (χ2n) is 5.51. The van der Waals surface area contributed by atoms with E-state index in [0.717, 1.165) is 24.8 Å². The number of allylic oxidation sites excluding steroid dienone is 1. The van der Waals surface area contributed by atoms with Crippen LogP contribution in [0.25, 0.3) is 5.57 Å². The zero-order valence-electron chi connectivity index (χ0n) is 13.0. The first-order valence-corrected chi connectivity index (χ1v) is 8.01. The molecule has 1 unspecified atom stereocenters. The zero-order chi connectivity index (χ0) is 15.1. The molecular formula is C18H25FO2. The Labute approximate surface area is 127 Å². The first-order valence-electron chi connectivity index (χ1n) is 8.01. The second kappa shape index (κ2) is 8.06. The number of unbranched alkanes of at least 4 members (excludes halogenated alkanes) is 2. The van der Waals surface area contributed by atoms with Gasteiger partial charge in [0.2, 0.25) is 0 Å². The summed E-state index contributed by atoms with van der Waals surface area (Å²) in [4.78, 5) is 0. The Bertz CT molecular complexity index is 482. The lowest BCUT2D eigenvalue weighted by atomic mass is 9.96. The minimum atomic E-state index is -0.236. The molecular weight excluding hydrogens is 267 g/mol. The van der Waals surface area contributed by atoms with Gasteiger partial charge in [0, 0.05) is 11.6 Å². The molecule has 0 aliphatic carbocycles. The molecule has 0 fully saturated rings. The van der Waals surface area contributed by atoms with Gasteiger partial charge in [-0.15, -0.1) is 0 Å². The predicted molar refractivity (Wildman–Crippen MR) is 83.8 cm³/mol. The molecule has 1 aliphatic heterocycles. The number of halogens is 1. The molecule has 0 saturated carbocycles. The largest absolute Gasteiger partial charge is 0.498 e. The first kappa shape index (κ1) is 15.9. The minimum Gasteiger partial charge on any atom is -0.498 e. The summed E-state index contributed by atoms with van der Waals surface area (Å²) in [6, 6.07) is 5.05. The van der Waals surface area contributed by atoms with E-state index in [1.807, 2.05) is 13.0 Å². The first-order chi connectivity index (χ1) is 10.2. The van der Waals surface area contributed by atoms with E-state index in [1.54, 1.807) is 12.3 Å². The van der Waals surface area contributed by atoms with Crippen molar-refractivity contribution in [1.82, 2.24) is 0 Å². The van der Waals surface area contributed by atoms with Gasteiger partial charge in [-0.25, -0.2) is 4.39 Å². The fraction of sp³-hybridized carbons (Fsp3) is 0.556. The van der Waals surface area contributed by atoms with Crippen molar-refractivity contribution in [3.8, 4) is 5.75 Å². The van der Waals surface area contributed by atoms with E-state index < -0.39 is 0 Å². The summed E-state index contributed by atoms with van der Waals surface area (Å²) in [6.45, 7) is 4.64. The highest BCUT2D eigenvalue weighted by Crippen LogP contribution is 2.31. The standard InChI is InChI=1S/C18H25FO2/c1-3-5-6-7-15-9-8-14(13-21-15)17-11-10-16(20-4-2)12-18(17)19/h10-13,15H,3-9H2,1-2H3. The molecule has 1 aromatic rings. The van der Waals surface area contributed by atoms with E-state index in [4.69, 9.17) is 9.47 Å². The van der Waals surface area contributed by atoms with Crippen LogP contribution in [0.1, 0.15) is 57.9 Å². The highest BCUT2D eigenvalue weighted by molar-refractivity contribution is 5.66. The van der Waals surface area contributed by atoms with Crippen LogP contribution in [0.5, 0.6) is 5.75 Å². The van der Waals surface area contributed by atoms with Crippen molar-refractivity contribution in [2.75, 3.05) is 6.61 Å². The van der Waals surface area contributed by atoms with Crippen LogP contribution in [-0.4, -0.2) is 12.7 Å². The van der Waals surface area contributed by atoms with Crippen LogP contribution in [0.3, 0.4) is 0 Å². The number of ether oxygens (including phenoxy) is 2. The summed E-state index contributed by atoms with van der Waals surface area (Å²) in [5.74, 6) is 0.341. The lowest BCUT2D eigenvalue weighted by Crippen LogP contribution is -2.14. The van der Waals surface area contributed by atoms with Crippen LogP contribution in [-0.2, 0) is 4.74 Å². The fourth-order valence-corrected chi connectivity index (χ4v) is 2.67. The maximum Gasteiger partial charge on any atom is 0.134 e. The predicted octanol–water partition coefficient (Wildman–Crippen LogP) is 5.32. The number of hydrogen-bond donors (Lipinski definition) is 0. The maximum absolute atomic E-state index is 14.1. The molecule has 0 spiro atoms. The Balaban J connectivity index is 1.97. The van der Waals surface area contributed by atoms with Gasteiger partial charge in [-0.2, -0.15) is 0 Å². The van der Waals surface area contributed by atoms with Crippen molar-refractivity contribution in [1.29, 1.82) is 0 Å². The van der Waals surface area contributed by atoms with Crippen molar-refractivity contribution in [3.63, 3.8) is 0 Å². The molecule has 21 heavy (non-hydrogen) atoms. The zero-order valence-corrected chi connectivity index (χ0v) is 13.0. The molecule has 2 nitrogen and oxygen atoms in total. The van der Waals surface area contributed by atoms with E-state index in [1.165, 1.54) is 25.3 Å². The highest BCUT2D eigenvalue weighted by Gasteiger charge is 2.18. The Hall–Kier alpha value is -1.51. The summed E-state index contributed by atoms with van der Waals surface area (Å²) in [5.41, 5.74) is 1.58. The highest BCUT2D eigenvalue weighted by atomic mass is 19.1. The Morgan fingerprint density at radius 3 is 2.76 bits per heavy atom. The van der Waals surface area contributed by atoms with E-state index in [0.29, 0.717) is 24.0 Å². The number of rotatable bonds is 7. The molecule has 1 atom stereocenters. The van der Waals surface area contributed by atoms with Gasteiger partial charge in [0.15, 0.2) is 0 Å². The van der Waals surface area contributed by atoms with Gasteiger partial charge in [0.25, 0.3) is 0 Å². The number of benzene rings is 1. The van der Waals surface area contributed by atoms with E-state index in [2.05, 4.69) is 6.92 Å². The van der Waals surface area contributed by atoms with E-state index in [-0.39, 0.29) is 5.82 Å². The van der Waals surface area contributed by atoms with Gasteiger partial charge in [-0.05, 0) is 50.3 Å². The molecule has 0 N–H and O–H groups in total. The Morgan fingerprint density at radius 1 is 1.29 bits per heavy atom. The molecule has 1 aromatic carbocycles. The third-order valence-electron chi connectivity index (χ3n) is 3.87. The Kier molecular flexibility index (Phi) is 6.09. The van der Waals surface area contributed by atoms with Crippen molar-refractivity contribution < 1.29 is 13.9 Å². The summed E-state index contributed by atoms with van der Waals surface area (Å²) >= 11 is 0. The molecule has 0 saturated heterocycles. The molecule has 2 rings (SSSR count). The van der Waals surface area contributed by atoms with Gasteiger partial charge in [0.05, 0.1) is 19.0 Å². The van der Waals surface area contributed by atoms with Gasteiger partial charge < -0.3 is 9.47 Å². The third kappa shape index (κ3) is 4.48. The molecule has 0 aromatic heterocycles. The van der Waals surface area contributed by atoms with E-state index >= 15 is 0 Å². The van der Waals surface area contributed by atoms with Gasteiger partial charge >= 0.3 is 0 Å². The van der Waals surface area contributed by atoms with Crippen molar-refractivity contribution in [2.45, 2.75) is 58.5 Å². The maximum atomic E-state index is 14.1. The lowest BCUT2D eigenvalue weighted by Gasteiger charge is -2.23. The Morgan fingerprint density at radius 2 is 2.14 bits per heavy atom. The van der Waals surface area contributed by atoms with Crippen molar-refractivity contribution in [3.05, 3.63) is 35.8 Å². The second-order valence-corrected chi connectivity index (χ2v) is 5.51. The molecule has 0 radical (unpaired) electrons. The molecule has 116 valence electrons. The summed E-state index contributed by atoms with van der Waals surface area (Å²) in [7, 11) is 0. The van der Waals surface area contributed by atoms with Crippen molar-refractivity contribution in [2.24, 2.45) is 0 Å². The van der Waals surface area contributed by atoms with Crippen LogP contribution < -0.4 is 4.74 Å². The molecule has 1 aliphatic rings. The molecule has 0 bridgehead atoms. The van der Waals surface area contributed by atoms with Crippen LogP contribution in [0, 0.1) is 5.82 Å². The van der Waals surface area contributed by atoms with Crippen molar-refractivity contribution >= 4 is 5.57 Å². The smallest absolute Gasteiger partial charge is 0.134 e. The lowest BCUT2D eigenvalue weighted by molar-refractivity contribution is 0.116. The third-order valence-corrected chi connectivity index (χ3v) is 3.87. The van der Waals surface area contributed by atoms with Gasteiger partial charge in [-0.3, -0.25) is 0 Å². The monoisotopic (exact) mass is 292 g/mol. The summed E-state index contributed by atoms with van der Waals surface area (Å²) < 4.78 is 25.2. The molecule has 0 amide bonds. The average Bonchev–Trinajstić information content (AvgIpc) is 2.49. The van der Waals surface area contributed by atoms with Crippen LogP contribution >= 0.6 is 0 Å². The van der Waals surface area contributed by atoms with Crippen LogP contribution in [0.15, 0.2) is 24.5 Å². The number of hydrogen-bond acceptors (Lipinski definition) is 2. The van der Waals surface area contributed by atoms with Gasteiger partial charge in [0.1, 0.15) is 11.6 Å². The topological polar surface area (TPSA) is 18.5 Å². The molecule has 1 heterocycles. The fourth-order valence-electron chi connectivity index (χ4n) is 2.67. The average molecular weight is 292 g/mol. The van der Waals surface area contributed by atoms with E-state index in [9.17, 15) is 4.39 Å². The SMILES string of the molecule is CCCCCC1CCC(c2ccc(OCC)cc2F)=CO1. The minimum absolute atomic E-state index is 0.236. The van der Waals surface area contributed by atoms with Crippen LogP contribution in [0.2, 0.25) is 0 Å². The molecule has 3 heteroatoms. The summed E-state index contributed by atoms with van der Waals surface area (Å²) in [5, 5.41) is 0. The summed E-state index contributed by atoms with van der Waals surface area (Å²) in [6.07, 6.45) is 8.69.